The Morgan fingerprint density at radius 3 is 2.39 bits per heavy atom. The summed E-state index contributed by atoms with van der Waals surface area (Å²) in [5.74, 6) is -4.15. The Kier molecular flexibility index (Phi) is 17.3. The fraction of sp³-hybridized carbons (Fsp3) is 0.408. The number of hydrogen-bond acceptors (Lipinski definition) is 17. The molecule has 2 aliphatic heterocycles. The van der Waals surface area contributed by atoms with E-state index in [1.165, 1.54) is 37.3 Å². The van der Waals surface area contributed by atoms with Crippen molar-refractivity contribution in [3.8, 4) is 11.4 Å². The third-order valence-electron chi connectivity index (χ3n) is 12.4. The minimum absolute atomic E-state index is 0.00320. The normalized spacial score (nSPS) is 14.3. The number of nitrogens with two attached hydrogens (primary N) is 1. The molecule has 9 N–H and O–H groups in total. The number of benzene rings is 2. The summed E-state index contributed by atoms with van der Waals surface area (Å²) in [6.07, 6.45) is 7.50. The molecule has 7 rings (SSSR count). The number of carboxylic acids is 1. The molecule has 0 bridgehead atoms. The van der Waals surface area contributed by atoms with Crippen LogP contribution in [0.3, 0.4) is 0 Å². The molecule has 5 aromatic rings. The fourth-order valence-corrected chi connectivity index (χ4v) is 8.50. The second kappa shape index (κ2) is 24.1. The van der Waals surface area contributed by atoms with Crippen LogP contribution in [-0.2, 0) is 41.7 Å². The zero-order chi connectivity index (χ0) is 53.1. The van der Waals surface area contributed by atoms with Crippen molar-refractivity contribution in [1.29, 1.82) is 0 Å². The van der Waals surface area contributed by atoms with Crippen molar-refractivity contribution in [2.24, 2.45) is 5.92 Å². The lowest BCUT2D eigenvalue weighted by Crippen LogP contribution is -2.53. The van der Waals surface area contributed by atoms with Gasteiger partial charge < -0.3 is 42.3 Å². The van der Waals surface area contributed by atoms with E-state index in [0.29, 0.717) is 60.5 Å². The number of carbonyl (C=O) groups excluding carboxylic acids is 7. The lowest BCUT2D eigenvalue weighted by atomic mass is 9.98. The quantitative estimate of drug-likeness (QED) is 0.0342. The second-order valence-electron chi connectivity index (χ2n) is 18.3. The fourth-order valence-electron chi connectivity index (χ4n) is 8.50. The van der Waals surface area contributed by atoms with Gasteiger partial charge in [0.25, 0.3) is 23.6 Å². The average molecular weight is 1020 g/mol. The van der Waals surface area contributed by atoms with Crippen LogP contribution in [0.5, 0.6) is 0 Å². The van der Waals surface area contributed by atoms with Gasteiger partial charge in [-0.05, 0) is 105 Å². The van der Waals surface area contributed by atoms with E-state index in [4.69, 9.17) is 5.73 Å². The van der Waals surface area contributed by atoms with Gasteiger partial charge in [-0.15, -0.1) is 10.2 Å². The van der Waals surface area contributed by atoms with Crippen LogP contribution in [-0.4, -0.2) is 136 Å². The van der Waals surface area contributed by atoms with Gasteiger partial charge >= 0.3 is 5.97 Å². The van der Waals surface area contributed by atoms with Crippen molar-refractivity contribution in [3.05, 3.63) is 83.0 Å². The molecule has 0 saturated carbocycles. The molecule has 3 atom stereocenters. The lowest BCUT2D eigenvalue weighted by molar-refractivity contribution is -0.139. The number of imide groups is 1. The van der Waals surface area contributed by atoms with Gasteiger partial charge in [0.05, 0.1) is 24.0 Å². The Hall–Kier alpha value is -8.77. The molecule has 3 aromatic heterocycles. The van der Waals surface area contributed by atoms with E-state index in [1.807, 2.05) is 6.07 Å². The molecule has 0 fully saturated rings. The SMILES string of the molecule is Cc1nc(N)c2nc(CN3CCCc4cc(C(=O)N[C@@H](CCCNC(=O)c5ccc(NC(=O)[C@H](C)NC(=O)[C@@H](NC(=O)CCCCCN6C(=O)C=CC6=O)C(C)C)cc5-c5nn[nH]n5)C(=O)O)ccc43)cnc2n1. The topological polar surface area (TPSA) is 355 Å². The Balaban J connectivity index is 0.881. The first-order valence-corrected chi connectivity index (χ1v) is 24.2. The number of H-pyrrole nitrogens is 1. The zero-order valence-corrected chi connectivity index (χ0v) is 41.3. The average Bonchev–Trinajstić information content (AvgIpc) is 4.03. The molecule has 0 spiro atoms. The standard InChI is InChI=1S/C49H58N16O9/c1-26(2)40(59-37(66)12-6-5-7-21-65-38(67)17-18-39(65)68)48(72)53-27(3)45(69)57-31-14-15-33(34(23-31)43-60-62-63-61-43)47(71)51-19-8-11-35(49(73)74)58-46(70)30-13-16-36-29(22-30)10-9-20-64(36)25-32-24-52-44-41(56-32)42(50)54-28(4)55-44/h13-18,22-24,26-27,35,40H,5-12,19-21,25H2,1-4H3,(H,51,71)(H,53,72)(H,57,69)(H,58,70)(H,59,66)(H,73,74)(H2,50,52,54,55)(H,60,61,62,63)/t27-,35-,40-/m0/s1. The van der Waals surface area contributed by atoms with Crippen molar-refractivity contribution >= 4 is 75.7 Å². The Labute approximate surface area is 424 Å². The van der Waals surface area contributed by atoms with E-state index < -0.39 is 47.7 Å². The van der Waals surface area contributed by atoms with Crippen LogP contribution in [0.4, 0.5) is 17.2 Å². The number of nitrogen functional groups attached to an aromatic ring is 1. The highest BCUT2D eigenvalue weighted by atomic mass is 16.4. The van der Waals surface area contributed by atoms with Gasteiger partial charge in [-0.3, -0.25) is 38.5 Å². The number of nitrogens with one attached hydrogen (secondary N) is 6. The van der Waals surface area contributed by atoms with Crippen LogP contribution in [0, 0.1) is 12.8 Å². The molecule has 2 aromatic carbocycles. The summed E-state index contributed by atoms with van der Waals surface area (Å²) in [6.45, 7) is 8.18. The van der Waals surface area contributed by atoms with Crippen LogP contribution in [0.1, 0.15) is 104 Å². The molecule has 0 unspecified atom stereocenters. The smallest absolute Gasteiger partial charge is 0.326 e. The van der Waals surface area contributed by atoms with Crippen molar-refractivity contribution in [2.75, 3.05) is 35.6 Å². The Morgan fingerprint density at radius 1 is 0.878 bits per heavy atom. The molecule has 7 amide bonds. The monoisotopic (exact) mass is 1010 g/mol. The van der Waals surface area contributed by atoms with E-state index in [2.05, 4.69) is 72.0 Å². The predicted octanol–water partition coefficient (Wildman–Crippen LogP) is 1.91. The van der Waals surface area contributed by atoms with Gasteiger partial charge in [0.15, 0.2) is 17.0 Å². The number of aromatic amines is 1. The molecule has 74 heavy (non-hydrogen) atoms. The summed E-state index contributed by atoms with van der Waals surface area (Å²) in [4.78, 5) is 123. The van der Waals surface area contributed by atoms with Crippen molar-refractivity contribution in [1.82, 2.24) is 66.7 Å². The number of fused-ring (bicyclic) bond motifs is 2. The van der Waals surface area contributed by atoms with Crippen LogP contribution in [0.15, 0.2) is 54.7 Å². The van der Waals surface area contributed by atoms with Crippen LogP contribution in [0.2, 0.25) is 0 Å². The Morgan fingerprint density at radius 2 is 1.66 bits per heavy atom. The third-order valence-corrected chi connectivity index (χ3v) is 12.4. The van der Waals surface area contributed by atoms with Gasteiger partial charge in [-0.25, -0.2) is 24.7 Å². The summed E-state index contributed by atoms with van der Waals surface area (Å²) in [6, 6.07) is 6.36. The van der Waals surface area contributed by atoms with E-state index in [0.717, 1.165) is 29.1 Å². The van der Waals surface area contributed by atoms with Gasteiger partial charge in [-0.2, -0.15) is 5.21 Å². The molecule has 25 nitrogen and oxygen atoms in total. The highest BCUT2D eigenvalue weighted by Crippen LogP contribution is 2.30. The third kappa shape index (κ3) is 13.4. The number of carbonyl (C=O) groups is 8. The van der Waals surface area contributed by atoms with Gasteiger partial charge in [0.1, 0.15) is 23.9 Å². The lowest BCUT2D eigenvalue weighted by Gasteiger charge is -2.31. The molecular formula is C49H58N16O9. The number of carboxylic acid groups (broad SMARTS) is 1. The zero-order valence-electron chi connectivity index (χ0n) is 41.3. The number of unbranched alkanes of at least 4 members (excludes halogenated alkanes) is 2. The molecular weight excluding hydrogens is 957 g/mol. The molecule has 25 heteroatoms. The number of aryl methyl sites for hydroxylation is 2. The first-order valence-electron chi connectivity index (χ1n) is 24.2. The largest absolute Gasteiger partial charge is 0.480 e. The number of tetrazole rings is 1. The van der Waals surface area contributed by atoms with E-state index >= 15 is 0 Å². The number of amides is 7. The molecule has 0 aliphatic carbocycles. The highest BCUT2D eigenvalue weighted by Gasteiger charge is 2.29. The van der Waals surface area contributed by atoms with E-state index in [-0.39, 0.29) is 84.4 Å². The van der Waals surface area contributed by atoms with Crippen molar-refractivity contribution < 1.29 is 43.5 Å². The van der Waals surface area contributed by atoms with E-state index in [9.17, 15) is 43.5 Å². The Bertz CT molecular complexity index is 2960. The van der Waals surface area contributed by atoms with Crippen molar-refractivity contribution in [2.45, 2.75) is 104 Å². The number of hydrogen-bond donors (Lipinski definition) is 8. The minimum Gasteiger partial charge on any atom is -0.480 e. The summed E-state index contributed by atoms with van der Waals surface area (Å²) < 4.78 is 0. The number of anilines is 3. The van der Waals surface area contributed by atoms with Gasteiger partial charge in [0.2, 0.25) is 23.5 Å². The van der Waals surface area contributed by atoms with Gasteiger partial charge in [-0.1, -0.05) is 20.3 Å². The first kappa shape index (κ1) is 53.0. The number of aliphatic carboxylic acids is 1. The van der Waals surface area contributed by atoms with Crippen LogP contribution >= 0.6 is 0 Å². The van der Waals surface area contributed by atoms with Crippen molar-refractivity contribution in [3.63, 3.8) is 0 Å². The molecule has 0 radical (unpaired) electrons. The maximum atomic E-state index is 13.5. The molecule has 2 aliphatic rings. The van der Waals surface area contributed by atoms with Crippen LogP contribution < -0.4 is 37.2 Å². The summed E-state index contributed by atoms with van der Waals surface area (Å²) >= 11 is 0. The van der Waals surface area contributed by atoms with Crippen LogP contribution in [0.25, 0.3) is 22.6 Å². The number of nitrogens with zero attached hydrogens (tertiary/aromatic N) is 9. The summed E-state index contributed by atoms with van der Waals surface area (Å²) in [5.41, 5.74) is 10.3. The van der Waals surface area contributed by atoms with Gasteiger partial charge in [0, 0.05) is 60.7 Å². The number of aromatic nitrogens is 8. The summed E-state index contributed by atoms with van der Waals surface area (Å²) in [7, 11) is 0. The minimum atomic E-state index is -1.26. The first-order chi connectivity index (χ1) is 35.4. The maximum Gasteiger partial charge on any atom is 0.326 e. The highest BCUT2D eigenvalue weighted by molar-refractivity contribution is 6.13. The second-order valence-corrected chi connectivity index (χ2v) is 18.3. The molecule has 5 heterocycles. The predicted molar refractivity (Wildman–Crippen MR) is 267 cm³/mol. The summed E-state index contributed by atoms with van der Waals surface area (Å²) in [5, 5.41) is 37.5. The number of rotatable bonds is 23. The van der Waals surface area contributed by atoms with E-state index in [1.54, 1.807) is 39.1 Å². The molecule has 0 saturated heterocycles. The molecule has 388 valence electrons. The maximum absolute atomic E-state index is 13.5.